The van der Waals surface area contributed by atoms with Gasteiger partial charge in [-0.2, -0.15) is 0 Å². The Morgan fingerprint density at radius 3 is 2.42 bits per heavy atom. The topological polar surface area (TPSA) is 65.0 Å². The maximum absolute atomic E-state index is 12.9. The smallest absolute Gasteiger partial charge is 0.343 e. The van der Waals surface area contributed by atoms with E-state index in [-0.39, 0.29) is 23.5 Å². The number of methoxy groups -OCH3 is 1. The Hall–Kier alpha value is -2.01. The van der Waals surface area contributed by atoms with Crippen LogP contribution in [0.2, 0.25) is 0 Å². The minimum absolute atomic E-state index is 0.101. The largest absolute Gasteiger partial charge is 0.405 e. The first kappa shape index (κ1) is 16.8. The lowest BCUT2D eigenvalue weighted by atomic mass is 9.61. The third kappa shape index (κ3) is 2.57. The summed E-state index contributed by atoms with van der Waals surface area (Å²) in [5.41, 5.74) is -0.699. The second-order valence-electron chi connectivity index (χ2n) is 7.59. The monoisotopic (exact) mass is 329 g/mol. The fourth-order valence-electron chi connectivity index (χ4n) is 3.82. The number of hydrogen-bond donors (Lipinski definition) is 0. The van der Waals surface area contributed by atoms with Crippen LogP contribution in [0, 0.1) is 11.3 Å². The number of esters is 1. The van der Waals surface area contributed by atoms with Gasteiger partial charge in [-0.15, -0.1) is 0 Å². The van der Waals surface area contributed by atoms with Gasteiger partial charge in [-0.25, -0.2) is 9.79 Å². The van der Waals surface area contributed by atoms with Crippen molar-refractivity contribution in [3.63, 3.8) is 0 Å². The number of Topliss-reactive ketones (excluding diaryl/α,β-unsaturated/α-hetero) is 1. The molecule has 2 aliphatic rings. The van der Waals surface area contributed by atoms with E-state index in [1.165, 1.54) is 7.11 Å². The van der Waals surface area contributed by atoms with E-state index in [0.717, 1.165) is 5.56 Å². The quantitative estimate of drug-likeness (QED) is 0.783. The molecule has 1 aromatic carbocycles. The van der Waals surface area contributed by atoms with Gasteiger partial charge in [0.2, 0.25) is 5.90 Å². The van der Waals surface area contributed by atoms with Gasteiger partial charge in [0, 0.05) is 31.4 Å². The summed E-state index contributed by atoms with van der Waals surface area (Å²) < 4.78 is 11.1. The number of carbonyl (C=O) groups is 2. The molecule has 1 aliphatic heterocycles. The average molecular weight is 329 g/mol. The normalized spacial score (nSPS) is 30.4. The number of hydrogen-bond acceptors (Lipinski definition) is 5. The fraction of sp³-hybridized carbons (Fsp3) is 0.526. The molecule has 128 valence electrons. The van der Waals surface area contributed by atoms with Crippen molar-refractivity contribution in [2.45, 2.75) is 45.3 Å². The Labute approximate surface area is 142 Å². The van der Waals surface area contributed by atoms with Gasteiger partial charge in [-0.3, -0.25) is 4.79 Å². The minimum atomic E-state index is -1.16. The number of aliphatic imine (C=N–C) groups is 1. The maximum atomic E-state index is 12.9. The van der Waals surface area contributed by atoms with E-state index < -0.39 is 17.6 Å². The van der Waals surface area contributed by atoms with Crippen molar-refractivity contribution in [1.29, 1.82) is 0 Å². The second-order valence-corrected chi connectivity index (χ2v) is 7.59. The molecular weight excluding hydrogens is 306 g/mol. The van der Waals surface area contributed by atoms with E-state index in [2.05, 4.69) is 0 Å². The molecule has 0 N–H and O–H groups in total. The van der Waals surface area contributed by atoms with E-state index >= 15 is 0 Å². The summed E-state index contributed by atoms with van der Waals surface area (Å²) in [6.45, 7) is 6.07. The van der Waals surface area contributed by atoms with Crippen molar-refractivity contribution in [1.82, 2.24) is 0 Å². The van der Waals surface area contributed by atoms with Crippen molar-refractivity contribution in [2.75, 3.05) is 7.11 Å². The summed E-state index contributed by atoms with van der Waals surface area (Å²) in [5.74, 6) is -0.277. The van der Waals surface area contributed by atoms with Crippen LogP contribution in [0.15, 0.2) is 35.3 Å². The van der Waals surface area contributed by atoms with Gasteiger partial charge >= 0.3 is 5.97 Å². The Bertz CT molecular complexity index is 689. The third-order valence-corrected chi connectivity index (χ3v) is 5.02. The Kier molecular flexibility index (Phi) is 4.08. The van der Waals surface area contributed by atoms with Crippen molar-refractivity contribution >= 4 is 17.7 Å². The standard InChI is InChI=1S/C19H23NO4/c1-18(2,3)14-10-13(21)11-15(23-4)19(14)17(22)24-16(20-19)12-8-6-5-7-9-12/h5-9,14-15H,10-11H2,1-4H3/t14-,15-,19-/m1/s1. The molecule has 3 rings (SSSR count). The molecule has 24 heavy (non-hydrogen) atoms. The molecular formula is C19H23NO4. The molecule has 0 radical (unpaired) electrons. The molecule has 1 saturated carbocycles. The van der Waals surface area contributed by atoms with Gasteiger partial charge in [0.15, 0.2) is 5.54 Å². The predicted octanol–water partition coefficient (Wildman–Crippen LogP) is 2.77. The van der Waals surface area contributed by atoms with Crippen LogP contribution in [0.1, 0.15) is 39.2 Å². The molecule has 0 bridgehead atoms. The number of rotatable bonds is 2. The zero-order valence-electron chi connectivity index (χ0n) is 14.5. The molecule has 3 atom stereocenters. The van der Waals surface area contributed by atoms with Crippen LogP contribution in [0.3, 0.4) is 0 Å². The second kappa shape index (κ2) is 5.81. The molecule has 0 saturated heterocycles. The summed E-state index contributed by atoms with van der Waals surface area (Å²) >= 11 is 0. The lowest BCUT2D eigenvalue weighted by molar-refractivity contribution is -0.157. The molecule has 5 nitrogen and oxygen atoms in total. The number of ether oxygens (including phenoxy) is 2. The van der Waals surface area contributed by atoms with E-state index in [1.807, 2.05) is 51.1 Å². The van der Waals surface area contributed by atoms with Crippen LogP contribution in [0.4, 0.5) is 0 Å². The zero-order valence-corrected chi connectivity index (χ0v) is 14.5. The fourth-order valence-corrected chi connectivity index (χ4v) is 3.82. The molecule has 0 amide bonds. The maximum Gasteiger partial charge on any atom is 0.343 e. The number of nitrogens with zero attached hydrogens (tertiary/aromatic N) is 1. The van der Waals surface area contributed by atoms with Crippen LogP contribution < -0.4 is 0 Å². The average Bonchev–Trinajstić information content (AvgIpc) is 2.87. The van der Waals surface area contributed by atoms with Crippen LogP contribution in [-0.2, 0) is 19.1 Å². The molecule has 1 aromatic rings. The third-order valence-electron chi connectivity index (χ3n) is 5.02. The van der Waals surface area contributed by atoms with E-state index in [9.17, 15) is 9.59 Å². The van der Waals surface area contributed by atoms with E-state index in [0.29, 0.717) is 12.3 Å². The molecule has 1 fully saturated rings. The number of cyclic esters (lactones) is 1. The Balaban J connectivity index is 2.14. The van der Waals surface area contributed by atoms with Crippen LogP contribution in [-0.4, -0.2) is 36.4 Å². The van der Waals surface area contributed by atoms with Crippen molar-refractivity contribution < 1.29 is 19.1 Å². The van der Waals surface area contributed by atoms with E-state index in [1.54, 1.807) is 0 Å². The van der Waals surface area contributed by atoms with Gasteiger partial charge in [0.1, 0.15) is 11.9 Å². The summed E-state index contributed by atoms with van der Waals surface area (Å²) in [4.78, 5) is 29.9. The zero-order chi connectivity index (χ0) is 17.5. The summed E-state index contributed by atoms with van der Waals surface area (Å²) in [7, 11) is 1.52. The van der Waals surface area contributed by atoms with Crippen molar-refractivity contribution in [3.05, 3.63) is 35.9 Å². The molecule has 5 heteroatoms. The number of benzene rings is 1. The Morgan fingerprint density at radius 1 is 1.17 bits per heavy atom. The van der Waals surface area contributed by atoms with E-state index in [4.69, 9.17) is 14.5 Å². The first-order valence-corrected chi connectivity index (χ1v) is 8.21. The summed E-state index contributed by atoms with van der Waals surface area (Å²) in [5, 5.41) is 0. The van der Waals surface area contributed by atoms with Gasteiger partial charge in [-0.05, 0) is 17.5 Å². The van der Waals surface area contributed by atoms with Gasteiger partial charge in [0.25, 0.3) is 0 Å². The summed E-state index contributed by atoms with van der Waals surface area (Å²) in [6.07, 6.45) is -0.106. The Morgan fingerprint density at radius 2 is 1.83 bits per heavy atom. The highest BCUT2D eigenvalue weighted by molar-refractivity contribution is 6.09. The number of carbonyl (C=O) groups excluding carboxylic acids is 2. The highest BCUT2D eigenvalue weighted by Crippen LogP contribution is 2.49. The van der Waals surface area contributed by atoms with Gasteiger partial charge < -0.3 is 9.47 Å². The first-order chi connectivity index (χ1) is 11.3. The van der Waals surface area contributed by atoms with Crippen LogP contribution >= 0.6 is 0 Å². The highest BCUT2D eigenvalue weighted by atomic mass is 16.6. The van der Waals surface area contributed by atoms with Gasteiger partial charge in [-0.1, -0.05) is 39.0 Å². The summed E-state index contributed by atoms with van der Waals surface area (Å²) in [6, 6.07) is 9.35. The minimum Gasteiger partial charge on any atom is -0.405 e. The number of ketones is 1. The molecule has 0 aromatic heterocycles. The molecule has 1 spiro atoms. The van der Waals surface area contributed by atoms with Gasteiger partial charge in [0.05, 0.1) is 0 Å². The van der Waals surface area contributed by atoms with Crippen molar-refractivity contribution in [2.24, 2.45) is 16.3 Å². The predicted molar refractivity (Wildman–Crippen MR) is 89.8 cm³/mol. The SMILES string of the molecule is CO[C@@H]1CC(=O)C[C@H](C(C)(C)C)[C@@]12N=C(c1ccccc1)OC2=O. The van der Waals surface area contributed by atoms with Crippen LogP contribution in [0.5, 0.6) is 0 Å². The highest BCUT2D eigenvalue weighted by Gasteiger charge is 2.63. The lowest BCUT2D eigenvalue weighted by Crippen LogP contribution is -2.60. The van der Waals surface area contributed by atoms with Crippen molar-refractivity contribution in [3.8, 4) is 0 Å². The molecule has 1 heterocycles. The van der Waals surface area contributed by atoms with Crippen LogP contribution in [0.25, 0.3) is 0 Å². The lowest BCUT2D eigenvalue weighted by Gasteiger charge is -2.46. The molecule has 0 unspecified atom stereocenters. The first-order valence-electron chi connectivity index (χ1n) is 8.21. The molecule has 1 aliphatic carbocycles.